The van der Waals surface area contributed by atoms with E-state index in [0.717, 1.165) is 37.1 Å². The van der Waals surface area contributed by atoms with E-state index in [9.17, 15) is 4.79 Å². The Balaban J connectivity index is 2.05. The molecule has 0 N–H and O–H groups in total. The summed E-state index contributed by atoms with van der Waals surface area (Å²) in [5.41, 5.74) is 2.30. The summed E-state index contributed by atoms with van der Waals surface area (Å²) in [4.78, 5) is 13.6. The molecule has 2 heteroatoms. The van der Waals surface area contributed by atoms with Crippen LogP contribution >= 0.6 is 0 Å². The van der Waals surface area contributed by atoms with Crippen molar-refractivity contribution in [2.24, 2.45) is 0 Å². The number of nitrogens with zero attached hydrogens (tertiary/aromatic N) is 1. The number of benzene rings is 1. The number of rotatable bonds is 4. The first-order valence-electron chi connectivity index (χ1n) is 5.86. The van der Waals surface area contributed by atoms with E-state index in [1.165, 1.54) is 0 Å². The number of hydrogen-bond donors (Lipinski definition) is 0. The van der Waals surface area contributed by atoms with Gasteiger partial charge in [-0.2, -0.15) is 0 Å². The molecule has 0 saturated heterocycles. The summed E-state index contributed by atoms with van der Waals surface area (Å²) in [5, 5.41) is 0. The van der Waals surface area contributed by atoms with Gasteiger partial charge >= 0.3 is 0 Å². The first-order valence-corrected chi connectivity index (χ1v) is 5.86. The van der Waals surface area contributed by atoms with Gasteiger partial charge in [0.15, 0.2) is 0 Å². The van der Waals surface area contributed by atoms with Gasteiger partial charge in [0, 0.05) is 19.2 Å². The van der Waals surface area contributed by atoms with Crippen LogP contribution in [0.4, 0.5) is 0 Å². The van der Waals surface area contributed by atoms with Crippen molar-refractivity contribution in [3.8, 4) is 0 Å². The highest BCUT2D eigenvalue weighted by Crippen LogP contribution is 2.21. The summed E-state index contributed by atoms with van der Waals surface area (Å²) < 4.78 is 0. The van der Waals surface area contributed by atoms with E-state index >= 15 is 0 Å². The molecule has 16 heavy (non-hydrogen) atoms. The van der Waals surface area contributed by atoms with Gasteiger partial charge < -0.3 is 4.90 Å². The topological polar surface area (TPSA) is 20.3 Å². The average Bonchev–Trinajstić information content (AvgIpc) is 2.69. The largest absolute Gasteiger partial charge is 0.335 e. The highest BCUT2D eigenvalue weighted by Gasteiger charge is 2.21. The van der Waals surface area contributed by atoms with Gasteiger partial charge in [0.05, 0.1) is 0 Å². The Morgan fingerprint density at radius 1 is 1.25 bits per heavy atom. The lowest BCUT2D eigenvalue weighted by Gasteiger charge is -2.15. The Morgan fingerprint density at radius 3 is 2.69 bits per heavy atom. The first-order chi connectivity index (χ1) is 7.81. The summed E-state index contributed by atoms with van der Waals surface area (Å²) in [6.45, 7) is 3.79. The molecule has 0 aliphatic carbocycles. The number of amides is 1. The second-order valence-corrected chi connectivity index (χ2v) is 4.15. The zero-order valence-electron chi connectivity index (χ0n) is 9.65. The highest BCUT2D eigenvalue weighted by atomic mass is 16.2. The summed E-state index contributed by atoms with van der Waals surface area (Å²) in [6.07, 6.45) is 3.98. The molecule has 0 unspecified atom stereocenters. The van der Waals surface area contributed by atoms with E-state index in [0.29, 0.717) is 0 Å². The number of unbranched alkanes of at least 4 members (excludes halogenated alkanes) is 1. The fourth-order valence-electron chi connectivity index (χ4n) is 1.93. The molecule has 1 amide bonds. The molecule has 1 aliphatic rings. The molecule has 0 bridgehead atoms. The van der Waals surface area contributed by atoms with E-state index < -0.39 is 0 Å². The Kier molecular flexibility index (Phi) is 3.40. The fourth-order valence-corrected chi connectivity index (χ4v) is 1.93. The van der Waals surface area contributed by atoms with Gasteiger partial charge in [-0.15, -0.1) is 0 Å². The van der Waals surface area contributed by atoms with E-state index in [1.54, 1.807) is 6.08 Å². The van der Waals surface area contributed by atoms with E-state index in [1.807, 2.05) is 23.1 Å². The summed E-state index contributed by atoms with van der Waals surface area (Å²) >= 11 is 0. The molecule has 0 aromatic heterocycles. The normalized spacial score (nSPS) is 15.4. The number of carbonyl (C=O) groups is 1. The van der Waals surface area contributed by atoms with Gasteiger partial charge in [0.1, 0.15) is 0 Å². The van der Waals surface area contributed by atoms with Gasteiger partial charge in [0.2, 0.25) is 5.91 Å². The van der Waals surface area contributed by atoms with Crippen molar-refractivity contribution in [3.05, 3.63) is 42.0 Å². The molecule has 0 saturated carbocycles. The summed E-state index contributed by atoms with van der Waals surface area (Å²) in [5.74, 6) is 0.160. The van der Waals surface area contributed by atoms with E-state index in [2.05, 4.69) is 19.1 Å². The molecule has 1 aromatic carbocycles. The van der Waals surface area contributed by atoms with Crippen LogP contribution in [0, 0.1) is 0 Å². The lowest BCUT2D eigenvalue weighted by molar-refractivity contribution is -0.124. The predicted molar refractivity (Wildman–Crippen MR) is 65.9 cm³/mol. The van der Waals surface area contributed by atoms with Gasteiger partial charge in [-0.3, -0.25) is 4.79 Å². The smallest absolute Gasteiger partial charge is 0.247 e. The Hall–Kier alpha value is -1.57. The lowest BCUT2D eigenvalue weighted by atomic mass is 10.1. The van der Waals surface area contributed by atoms with Crippen molar-refractivity contribution < 1.29 is 4.79 Å². The standard InChI is InChI=1S/C14H17NO/c1-2-3-9-15-11-13(10-14(15)16)12-7-5-4-6-8-12/h4-8,10H,2-3,9,11H2,1H3. The minimum absolute atomic E-state index is 0.160. The molecular formula is C14H17NO. The quantitative estimate of drug-likeness (QED) is 0.756. The molecule has 0 radical (unpaired) electrons. The molecule has 1 heterocycles. The maximum atomic E-state index is 11.7. The third-order valence-corrected chi connectivity index (χ3v) is 2.90. The Labute approximate surface area is 96.6 Å². The zero-order valence-corrected chi connectivity index (χ0v) is 9.65. The van der Waals surface area contributed by atoms with Crippen LogP contribution < -0.4 is 0 Å². The van der Waals surface area contributed by atoms with Crippen LogP contribution in [-0.4, -0.2) is 23.9 Å². The van der Waals surface area contributed by atoms with Crippen LogP contribution in [0.3, 0.4) is 0 Å². The van der Waals surface area contributed by atoms with Crippen molar-refractivity contribution in [3.63, 3.8) is 0 Å². The van der Waals surface area contributed by atoms with Crippen molar-refractivity contribution in [1.29, 1.82) is 0 Å². The monoisotopic (exact) mass is 215 g/mol. The maximum absolute atomic E-state index is 11.7. The van der Waals surface area contributed by atoms with Crippen LogP contribution in [0.25, 0.3) is 5.57 Å². The second-order valence-electron chi connectivity index (χ2n) is 4.15. The fraction of sp³-hybridized carbons (Fsp3) is 0.357. The molecule has 1 aliphatic heterocycles. The molecule has 2 nitrogen and oxygen atoms in total. The minimum atomic E-state index is 0.160. The average molecular weight is 215 g/mol. The molecule has 0 spiro atoms. The van der Waals surface area contributed by atoms with Gasteiger partial charge in [-0.05, 0) is 17.6 Å². The Bertz CT molecular complexity index is 394. The third-order valence-electron chi connectivity index (χ3n) is 2.90. The molecule has 0 fully saturated rings. The number of carbonyl (C=O) groups excluding carboxylic acids is 1. The van der Waals surface area contributed by atoms with Crippen LogP contribution in [0.2, 0.25) is 0 Å². The molecular weight excluding hydrogens is 198 g/mol. The van der Waals surface area contributed by atoms with Crippen LogP contribution in [-0.2, 0) is 4.79 Å². The van der Waals surface area contributed by atoms with Crippen molar-refractivity contribution in [1.82, 2.24) is 4.90 Å². The summed E-state index contributed by atoms with van der Waals surface area (Å²) in [6, 6.07) is 10.1. The van der Waals surface area contributed by atoms with Crippen LogP contribution in [0.5, 0.6) is 0 Å². The maximum Gasteiger partial charge on any atom is 0.247 e. The predicted octanol–water partition coefficient (Wildman–Crippen LogP) is 2.71. The van der Waals surface area contributed by atoms with Crippen molar-refractivity contribution in [2.45, 2.75) is 19.8 Å². The third kappa shape index (κ3) is 2.32. The van der Waals surface area contributed by atoms with Crippen LogP contribution in [0.15, 0.2) is 36.4 Å². The Morgan fingerprint density at radius 2 is 2.00 bits per heavy atom. The minimum Gasteiger partial charge on any atom is -0.335 e. The zero-order chi connectivity index (χ0) is 11.4. The van der Waals surface area contributed by atoms with Gasteiger partial charge in [0.25, 0.3) is 0 Å². The van der Waals surface area contributed by atoms with E-state index in [4.69, 9.17) is 0 Å². The molecule has 1 aromatic rings. The van der Waals surface area contributed by atoms with Gasteiger partial charge in [-0.25, -0.2) is 0 Å². The highest BCUT2D eigenvalue weighted by molar-refractivity contribution is 6.00. The SMILES string of the molecule is CCCCN1CC(c2ccccc2)=CC1=O. The van der Waals surface area contributed by atoms with Crippen LogP contribution in [0.1, 0.15) is 25.3 Å². The molecule has 2 rings (SSSR count). The summed E-state index contributed by atoms with van der Waals surface area (Å²) in [7, 11) is 0. The second kappa shape index (κ2) is 4.97. The molecule has 0 atom stereocenters. The van der Waals surface area contributed by atoms with Crippen molar-refractivity contribution >= 4 is 11.5 Å². The first kappa shape index (κ1) is 10.9. The van der Waals surface area contributed by atoms with E-state index in [-0.39, 0.29) is 5.91 Å². The molecule has 84 valence electrons. The van der Waals surface area contributed by atoms with Gasteiger partial charge in [-0.1, -0.05) is 43.7 Å². The number of hydrogen-bond acceptors (Lipinski definition) is 1. The van der Waals surface area contributed by atoms with Crippen molar-refractivity contribution in [2.75, 3.05) is 13.1 Å². The lowest BCUT2D eigenvalue weighted by Crippen LogP contribution is -2.26.